The molecule has 1 aromatic carbocycles. The minimum atomic E-state index is -0.0687. The SMILES string of the molecule is COc1ccc2c([N+]#N)c(O)n(C)c2c1. The molecular weight excluding hydrogens is 194 g/mol. The van der Waals surface area contributed by atoms with Crippen LogP contribution in [0, 0.1) is 5.39 Å². The zero-order chi connectivity index (χ0) is 11.0. The topological polar surface area (TPSA) is 62.5 Å². The number of rotatable bonds is 1. The van der Waals surface area contributed by atoms with Crippen LogP contribution in [0.3, 0.4) is 0 Å². The third-order valence-electron chi connectivity index (χ3n) is 2.45. The van der Waals surface area contributed by atoms with E-state index in [1.54, 1.807) is 32.4 Å². The van der Waals surface area contributed by atoms with E-state index in [1.807, 2.05) is 0 Å². The lowest BCUT2D eigenvalue weighted by Gasteiger charge is -1.99. The van der Waals surface area contributed by atoms with Crippen LogP contribution in [0.5, 0.6) is 11.6 Å². The first-order chi connectivity index (χ1) is 7.19. The van der Waals surface area contributed by atoms with Crippen LogP contribution in [0.15, 0.2) is 18.2 Å². The van der Waals surface area contributed by atoms with Gasteiger partial charge in [-0.25, -0.2) is 0 Å². The van der Waals surface area contributed by atoms with Crippen LogP contribution in [0.25, 0.3) is 15.9 Å². The molecule has 0 saturated carbocycles. The Kier molecular flexibility index (Phi) is 1.97. The van der Waals surface area contributed by atoms with Crippen LogP contribution in [0.4, 0.5) is 5.69 Å². The molecule has 5 heteroatoms. The van der Waals surface area contributed by atoms with Crippen molar-refractivity contribution in [2.24, 2.45) is 7.05 Å². The van der Waals surface area contributed by atoms with E-state index < -0.39 is 0 Å². The predicted molar refractivity (Wildman–Crippen MR) is 55.9 cm³/mol. The van der Waals surface area contributed by atoms with Crippen molar-refractivity contribution in [1.29, 1.82) is 5.39 Å². The Morgan fingerprint density at radius 1 is 1.47 bits per heavy atom. The van der Waals surface area contributed by atoms with Gasteiger partial charge in [-0.3, -0.25) is 0 Å². The fraction of sp³-hybridized carbons (Fsp3) is 0.200. The first kappa shape index (κ1) is 9.34. The molecule has 2 rings (SSSR count). The van der Waals surface area contributed by atoms with Crippen molar-refractivity contribution in [3.8, 4) is 11.6 Å². The molecule has 5 nitrogen and oxygen atoms in total. The molecule has 15 heavy (non-hydrogen) atoms. The first-order valence-corrected chi connectivity index (χ1v) is 4.39. The second-order valence-corrected chi connectivity index (χ2v) is 3.21. The molecule has 0 aliphatic heterocycles. The Morgan fingerprint density at radius 3 is 2.80 bits per heavy atom. The summed E-state index contributed by atoms with van der Waals surface area (Å²) in [5.74, 6) is 0.619. The Morgan fingerprint density at radius 2 is 2.20 bits per heavy atom. The Bertz CT molecular complexity index is 566. The molecule has 0 spiro atoms. The zero-order valence-corrected chi connectivity index (χ0v) is 8.43. The summed E-state index contributed by atoms with van der Waals surface area (Å²) in [5, 5.41) is 19.1. The fourth-order valence-corrected chi connectivity index (χ4v) is 1.61. The summed E-state index contributed by atoms with van der Waals surface area (Å²) >= 11 is 0. The Balaban J connectivity index is 2.86. The van der Waals surface area contributed by atoms with Crippen LogP contribution in [0.2, 0.25) is 0 Å². The lowest BCUT2D eigenvalue weighted by molar-refractivity contribution is 0.415. The van der Waals surface area contributed by atoms with Gasteiger partial charge < -0.3 is 14.4 Å². The second-order valence-electron chi connectivity index (χ2n) is 3.21. The lowest BCUT2D eigenvalue weighted by atomic mass is 10.2. The molecule has 0 aliphatic rings. The van der Waals surface area contributed by atoms with Crippen LogP contribution < -0.4 is 4.74 Å². The maximum absolute atomic E-state index is 9.65. The van der Waals surface area contributed by atoms with Crippen molar-refractivity contribution in [3.63, 3.8) is 0 Å². The highest BCUT2D eigenvalue weighted by Crippen LogP contribution is 2.38. The van der Waals surface area contributed by atoms with Crippen LogP contribution in [0.1, 0.15) is 0 Å². The molecule has 2 aromatic rings. The highest BCUT2D eigenvalue weighted by Gasteiger charge is 2.25. The Labute approximate surface area is 86.1 Å². The van der Waals surface area contributed by atoms with E-state index in [4.69, 9.17) is 10.1 Å². The van der Waals surface area contributed by atoms with Gasteiger partial charge in [0.25, 0.3) is 5.88 Å². The summed E-state index contributed by atoms with van der Waals surface area (Å²) in [6.45, 7) is 0. The van der Waals surface area contributed by atoms with E-state index in [9.17, 15) is 5.11 Å². The zero-order valence-electron chi connectivity index (χ0n) is 8.43. The smallest absolute Gasteiger partial charge is 0.453 e. The third-order valence-corrected chi connectivity index (χ3v) is 2.45. The largest absolute Gasteiger partial charge is 0.497 e. The van der Waals surface area contributed by atoms with Gasteiger partial charge in [-0.2, -0.15) is 0 Å². The normalized spacial score (nSPS) is 10.2. The maximum Gasteiger partial charge on any atom is 0.453 e. The van der Waals surface area contributed by atoms with E-state index in [1.165, 1.54) is 4.57 Å². The predicted octanol–water partition coefficient (Wildman–Crippen LogP) is 2.38. The van der Waals surface area contributed by atoms with E-state index >= 15 is 0 Å². The van der Waals surface area contributed by atoms with E-state index in [0.717, 1.165) is 5.52 Å². The number of hydrogen-bond donors (Lipinski definition) is 1. The summed E-state index contributed by atoms with van der Waals surface area (Å²) < 4.78 is 6.61. The van der Waals surface area contributed by atoms with E-state index in [2.05, 4.69) is 4.98 Å². The van der Waals surface area contributed by atoms with Crippen molar-refractivity contribution >= 4 is 16.6 Å². The number of diazo groups is 1. The average Bonchev–Trinajstić information content (AvgIpc) is 2.51. The molecule has 0 amide bonds. The summed E-state index contributed by atoms with van der Waals surface area (Å²) in [5.41, 5.74) is 0.926. The van der Waals surface area contributed by atoms with Gasteiger partial charge >= 0.3 is 5.69 Å². The molecule has 1 aromatic heterocycles. The molecule has 0 aliphatic carbocycles. The molecule has 0 fully saturated rings. The number of aryl methyl sites for hydroxylation is 1. The van der Waals surface area contributed by atoms with Gasteiger partial charge in [0, 0.05) is 13.1 Å². The van der Waals surface area contributed by atoms with Crippen LogP contribution in [-0.4, -0.2) is 16.8 Å². The minimum Gasteiger partial charge on any atom is -0.497 e. The molecule has 0 bridgehead atoms. The Hall–Kier alpha value is -2.22. The van der Waals surface area contributed by atoms with E-state index in [-0.39, 0.29) is 11.6 Å². The van der Waals surface area contributed by atoms with Crippen LogP contribution in [-0.2, 0) is 7.05 Å². The molecule has 1 N–H and O–H groups in total. The van der Waals surface area contributed by atoms with Gasteiger partial charge in [-0.05, 0) is 12.1 Å². The maximum atomic E-state index is 9.65. The highest BCUT2D eigenvalue weighted by atomic mass is 16.5. The highest BCUT2D eigenvalue weighted by molar-refractivity contribution is 5.97. The van der Waals surface area contributed by atoms with E-state index in [0.29, 0.717) is 11.1 Å². The fourth-order valence-electron chi connectivity index (χ4n) is 1.61. The molecule has 0 atom stereocenters. The molecular formula is C10H10N3O2+. The number of aromatic nitrogens is 1. The van der Waals surface area contributed by atoms with Gasteiger partial charge in [0.05, 0.1) is 18.0 Å². The molecule has 76 valence electrons. The van der Waals surface area contributed by atoms with Gasteiger partial charge in [-0.15, -0.1) is 0 Å². The van der Waals surface area contributed by atoms with Gasteiger partial charge in [0.2, 0.25) is 5.39 Å². The average molecular weight is 204 g/mol. The standard InChI is InChI=1S/C10H9N3O2/c1-13-8-5-6(15-2)3-4-7(8)9(12-11)10(13)14/h3-5H,1-2H3/p+1. The quantitative estimate of drug-likeness (QED) is 0.725. The number of nitrogens with zero attached hydrogens (tertiary/aromatic N) is 3. The molecule has 0 unspecified atom stereocenters. The van der Waals surface area contributed by atoms with Gasteiger partial charge in [-0.1, -0.05) is 0 Å². The van der Waals surface area contributed by atoms with Crippen molar-refractivity contribution in [3.05, 3.63) is 23.2 Å². The first-order valence-electron chi connectivity index (χ1n) is 4.39. The monoisotopic (exact) mass is 204 g/mol. The summed E-state index contributed by atoms with van der Waals surface area (Å²) in [6, 6.07) is 5.25. The van der Waals surface area contributed by atoms with Crippen molar-refractivity contribution in [2.45, 2.75) is 0 Å². The third kappa shape index (κ3) is 1.19. The summed E-state index contributed by atoms with van der Waals surface area (Å²) in [7, 11) is 3.26. The lowest BCUT2D eigenvalue weighted by Crippen LogP contribution is -1.87. The summed E-state index contributed by atoms with van der Waals surface area (Å²) in [6.07, 6.45) is 0. The number of methoxy groups -OCH3 is 1. The minimum absolute atomic E-state index is 0.0687. The summed E-state index contributed by atoms with van der Waals surface area (Å²) in [4.78, 5) is 3.06. The second kappa shape index (κ2) is 3.17. The van der Waals surface area contributed by atoms with Gasteiger partial charge in [0.15, 0.2) is 4.98 Å². The molecule has 0 radical (unpaired) electrons. The number of aromatic hydroxyl groups is 1. The molecule has 1 heterocycles. The van der Waals surface area contributed by atoms with Crippen molar-refractivity contribution < 1.29 is 9.84 Å². The van der Waals surface area contributed by atoms with Crippen molar-refractivity contribution in [2.75, 3.05) is 7.11 Å². The van der Waals surface area contributed by atoms with Crippen molar-refractivity contribution in [1.82, 2.24) is 4.57 Å². The number of hydrogen-bond acceptors (Lipinski definition) is 3. The number of benzene rings is 1. The number of fused-ring (bicyclic) bond motifs is 1. The number of ether oxygens (including phenoxy) is 1. The van der Waals surface area contributed by atoms with Gasteiger partial charge in [0.1, 0.15) is 5.75 Å². The van der Waals surface area contributed by atoms with Crippen LogP contribution >= 0.6 is 0 Å². The molecule has 0 saturated heterocycles.